The van der Waals surface area contributed by atoms with E-state index in [1.54, 1.807) is 0 Å². The number of rotatable bonds is 4. The van der Waals surface area contributed by atoms with Crippen LogP contribution in [0.3, 0.4) is 0 Å². The van der Waals surface area contributed by atoms with Gasteiger partial charge in [-0.25, -0.2) is 0 Å². The van der Waals surface area contributed by atoms with Crippen LogP contribution in [0.4, 0.5) is 0 Å². The van der Waals surface area contributed by atoms with Crippen LogP contribution in [0.5, 0.6) is 0 Å². The third kappa shape index (κ3) is 2.34. The molecule has 0 saturated carbocycles. The molecule has 1 aliphatic rings. The minimum absolute atomic E-state index is 0.182. The van der Waals surface area contributed by atoms with Gasteiger partial charge in [0.05, 0.1) is 0 Å². The third-order valence-corrected chi connectivity index (χ3v) is 3.29. The second kappa shape index (κ2) is 4.88. The summed E-state index contributed by atoms with van der Waals surface area (Å²) in [5, 5.41) is 3.13. The van der Waals surface area contributed by atoms with Gasteiger partial charge < -0.3 is 10.2 Å². The van der Waals surface area contributed by atoms with Gasteiger partial charge in [0.1, 0.15) is 0 Å². The monoisotopic (exact) mass is 232 g/mol. The lowest BCUT2D eigenvalue weighted by molar-refractivity contribution is 0.0730. The average Bonchev–Trinajstić information content (AvgIpc) is 2.64. The van der Waals surface area contributed by atoms with Crippen molar-refractivity contribution in [2.75, 3.05) is 13.6 Å². The molecule has 0 saturated heterocycles. The van der Waals surface area contributed by atoms with Gasteiger partial charge in [0.25, 0.3) is 5.91 Å². The summed E-state index contributed by atoms with van der Waals surface area (Å²) in [5.41, 5.74) is 3.29. The fourth-order valence-corrected chi connectivity index (χ4v) is 2.21. The molecule has 0 fully saturated rings. The minimum Gasteiger partial charge on any atom is -0.332 e. The molecule has 92 valence electrons. The molecule has 3 nitrogen and oxygen atoms in total. The van der Waals surface area contributed by atoms with Crippen molar-refractivity contribution >= 4 is 5.91 Å². The Labute approximate surface area is 103 Å². The fourth-order valence-electron chi connectivity index (χ4n) is 2.21. The zero-order valence-electron chi connectivity index (χ0n) is 10.8. The number of benzene rings is 1. The smallest absolute Gasteiger partial charge is 0.254 e. The molecular weight excluding hydrogens is 212 g/mol. The van der Waals surface area contributed by atoms with Crippen LogP contribution in [0.2, 0.25) is 0 Å². The van der Waals surface area contributed by atoms with Crippen LogP contribution in [0.15, 0.2) is 18.2 Å². The predicted octanol–water partition coefficient (Wildman–Crippen LogP) is 1.81. The van der Waals surface area contributed by atoms with Gasteiger partial charge in [-0.1, -0.05) is 12.1 Å². The summed E-state index contributed by atoms with van der Waals surface area (Å²) in [6.07, 6.45) is 0.971. The number of hydrogen-bond acceptors (Lipinski definition) is 2. The van der Waals surface area contributed by atoms with Crippen LogP contribution >= 0.6 is 0 Å². The SMILES string of the molecule is CNCCc1ccc2c(c1)C(=O)N(C(C)C)C2. The summed E-state index contributed by atoms with van der Waals surface area (Å²) in [4.78, 5) is 14.1. The summed E-state index contributed by atoms with van der Waals surface area (Å²) in [6.45, 7) is 5.83. The molecule has 0 aliphatic carbocycles. The maximum atomic E-state index is 12.2. The van der Waals surface area contributed by atoms with E-state index >= 15 is 0 Å². The highest BCUT2D eigenvalue weighted by Gasteiger charge is 2.28. The molecule has 0 radical (unpaired) electrons. The van der Waals surface area contributed by atoms with Crippen molar-refractivity contribution in [2.45, 2.75) is 32.9 Å². The molecule has 0 aromatic heterocycles. The van der Waals surface area contributed by atoms with Crippen molar-refractivity contribution in [3.05, 3.63) is 34.9 Å². The molecule has 0 bridgehead atoms. The molecular formula is C14H20N2O. The first kappa shape index (κ1) is 12.1. The second-order valence-corrected chi connectivity index (χ2v) is 4.87. The van der Waals surface area contributed by atoms with Gasteiger partial charge in [0.2, 0.25) is 0 Å². The summed E-state index contributed by atoms with van der Waals surface area (Å²) in [5.74, 6) is 0.182. The van der Waals surface area contributed by atoms with Gasteiger partial charge in [-0.15, -0.1) is 0 Å². The van der Waals surface area contributed by atoms with Crippen molar-refractivity contribution in [1.82, 2.24) is 10.2 Å². The molecule has 1 amide bonds. The zero-order chi connectivity index (χ0) is 12.4. The number of nitrogens with zero attached hydrogens (tertiary/aromatic N) is 1. The van der Waals surface area contributed by atoms with Crippen LogP contribution in [0.25, 0.3) is 0 Å². The van der Waals surface area contributed by atoms with Gasteiger partial charge in [-0.2, -0.15) is 0 Å². The Hall–Kier alpha value is -1.35. The lowest BCUT2D eigenvalue weighted by Crippen LogP contribution is -2.30. The summed E-state index contributed by atoms with van der Waals surface area (Å²) >= 11 is 0. The number of carbonyl (C=O) groups excluding carboxylic acids is 1. The number of hydrogen-bond donors (Lipinski definition) is 1. The molecule has 2 rings (SSSR count). The first-order valence-corrected chi connectivity index (χ1v) is 6.21. The Kier molecular flexibility index (Phi) is 3.48. The molecule has 0 spiro atoms. The molecule has 0 atom stereocenters. The van der Waals surface area contributed by atoms with E-state index in [-0.39, 0.29) is 11.9 Å². The van der Waals surface area contributed by atoms with E-state index in [0.29, 0.717) is 0 Å². The lowest BCUT2D eigenvalue weighted by Gasteiger charge is -2.19. The quantitative estimate of drug-likeness (QED) is 0.858. The van der Waals surface area contributed by atoms with E-state index in [0.717, 1.165) is 30.6 Å². The third-order valence-electron chi connectivity index (χ3n) is 3.29. The highest BCUT2D eigenvalue weighted by atomic mass is 16.2. The van der Waals surface area contributed by atoms with Crippen LogP contribution in [0.1, 0.15) is 35.3 Å². The molecule has 1 aromatic rings. The molecule has 1 N–H and O–H groups in total. The van der Waals surface area contributed by atoms with Crippen molar-refractivity contribution in [1.29, 1.82) is 0 Å². The summed E-state index contributed by atoms with van der Waals surface area (Å²) in [6, 6.07) is 6.56. The number of carbonyl (C=O) groups is 1. The molecule has 1 aliphatic heterocycles. The van der Waals surface area contributed by atoms with Crippen LogP contribution in [-0.4, -0.2) is 30.4 Å². The number of fused-ring (bicyclic) bond motifs is 1. The Morgan fingerprint density at radius 3 is 2.82 bits per heavy atom. The first-order chi connectivity index (χ1) is 8.13. The van der Waals surface area contributed by atoms with Crippen molar-refractivity contribution in [3.63, 3.8) is 0 Å². The Morgan fingerprint density at radius 1 is 1.41 bits per heavy atom. The van der Waals surface area contributed by atoms with Gasteiger partial charge >= 0.3 is 0 Å². The Morgan fingerprint density at radius 2 is 2.18 bits per heavy atom. The largest absolute Gasteiger partial charge is 0.332 e. The van der Waals surface area contributed by atoms with Gasteiger partial charge in [-0.3, -0.25) is 4.79 Å². The van der Waals surface area contributed by atoms with Crippen molar-refractivity contribution in [2.24, 2.45) is 0 Å². The van der Waals surface area contributed by atoms with E-state index in [4.69, 9.17) is 0 Å². The summed E-state index contributed by atoms with van der Waals surface area (Å²) < 4.78 is 0. The fraction of sp³-hybridized carbons (Fsp3) is 0.500. The standard InChI is InChI=1S/C14H20N2O/c1-10(2)16-9-12-5-4-11(6-7-15-3)8-13(12)14(16)17/h4-5,8,10,15H,6-7,9H2,1-3H3. The number of amides is 1. The van der Waals surface area contributed by atoms with Gasteiger partial charge in [0.15, 0.2) is 0 Å². The second-order valence-electron chi connectivity index (χ2n) is 4.87. The van der Waals surface area contributed by atoms with Gasteiger partial charge in [-0.05, 0) is 51.1 Å². The minimum atomic E-state index is 0.182. The molecule has 3 heteroatoms. The van der Waals surface area contributed by atoms with Gasteiger partial charge in [0, 0.05) is 18.2 Å². The highest BCUT2D eigenvalue weighted by molar-refractivity contribution is 5.98. The first-order valence-electron chi connectivity index (χ1n) is 6.21. The zero-order valence-corrected chi connectivity index (χ0v) is 10.8. The number of likely N-dealkylation sites (N-methyl/N-ethyl adjacent to an activating group) is 1. The van der Waals surface area contributed by atoms with E-state index < -0.39 is 0 Å². The molecule has 17 heavy (non-hydrogen) atoms. The highest BCUT2D eigenvalue weighted by Crippen LogP contribution is 2.25. The van der Waals surface area contributed by atoms with Crippen LogP contribution < -0.4 is 5.32 Å². The van der Waals surface area contributed by atoms with E-state index in [2.05, 4.69) is 37.4 Å². The van der Waals surface area contributed by atoms with E-state index in [9.17, 15) is 4.79 Å². The topological polar surface area (TPSA) is 32.3 Å². The normalized spacial score (nSPS) is 14.6. The van der Waals surface area contributed by atoms with E-state index in [1.807, 2.05) is 11.9 Å². The van der Waals surface area contributed by atoms with Crippen LogP contribution in [-0.2, 0) is 13.0 Å². The number of nitrogens with one attached hydrogen (secondary N) is 1. The Bertz CT molecular complexity index is 426. The van der Waals surface area contributed by atoms with Crippen LogP contribution in [0, 0.1) is 0 Å². The maximum Gasteiger partial charge on any atom is 0.254 e. The average molecular weight is 232 g/mol. The Balaban J connectivity index is 2.22. The maximum absolute atomic E-state index is 12.2. The molecule has 1 heterocycles. The van der Waals surface area contributed by atoms with E-state index in [1.165, 1.54) is 5.56 Å². The van der Waals surface area contributed by atoms with Crippen molar-refractivity contribution < 1.29 is 4.79 Å². The molecule has 0 unspecified atom stereocenters. The lowest BCUT2D eigenvalue weighted by atomic mass is 10.0. The summed E-state index contributed by atoms with van der Waals surface area (Å²) in [7, 11) is 1.94. The predicted molar refractivity (Wildman–Crippen MR) is 69.1 cm³/mol. The molecule has 1 aromatic carbocycles. The van der Waals surface area contributed by atoms with Crippen molar-refractivity contribution in [3.8, 4) is 0 Å².